The minimum absolute atomic E-state index is 0.0171. The molecule has 0 fully saturated rings. The van der Waals surface area contributed by atoms with Gasteiger partial charge in [-0.15, -0.1) is 0 Å². The van der Waals surface area contributed by atoms with Crippen LogP contribution in [0.3, 0.4) is 0 Å². The van der Waals surface area contributed by atoms with E-state index in [0.717, 1.165) is 18.4 Å². The molecule has 1 aliphatic heterocycles. The fourth-order valence-electron chi connectivity index (χ4n) is 3.37. The van der Waals surface area contributed by atoms with Crippen LogP contribution in [0, 0.1) is 5.82 Å². The Morgan fingerprint density at radius 3 is 2.52 bits per heavy atom. The molecule has 1 atom stereocenters. The number of rotatable bonds is 8. The lowest BCUT2D eigenvalue weighted by atomic mass is 9.96. The topological polar surface area (TPSA) is 35.5 Å². The Bertz CT molecular complexity index is 783. The molecule has 0 saturated carbocycles. The molecule has 144 valence electrons. The van der Waals surface area contributed by atoms with Gasteiger partial charge >= 0.3 is 5.97 Å². The van der Waals surface area contributed by atoms with E-state index in [1.54, 1.807) is 12.1 Å². The van der Waals surface area contributed by atoms with Crippen molar-refractivity contribution in [3.05, 3.63) is 64.5 Å². The Morgan fingerprint density at radius 2 is 1.81 bits per heavy atom. The van der Waals surface area contributed by atoms with Crippen LogP contribution in [0.4, 0.5) is 4.39 Å². The summed E-state index contributed by atoms with van der Waals surface area (Å²) in [7, 11) is 0. The molecule has 0 aliphatic carbocycles. The number of hydrogen-bond acceptors (Lipinski definition) is 3. The first-order valence-electron chi connectivity index (χ1n) is 9.85. The van der Waals surface area contributed by atoms with Gasteiger partial charge in [0.05, 0.1) is 0 Å². The number of aryl methyl sites for hydroxylation is 1. The smallest absolute Gasteiger partial charge is 0.341 e. The zero-order valence-corrected chi connectivity index (χ0v) is 16.1. The van der Waals surface area contributed by atoms with Crippen molar-refractivity contribution in [2.75, 3.05) is 0 Å². The Labute approximate surface area is 160 Å². The second-order valence-electron chi connectivity index (χ2n) is 7.11. The third kappa shape index (κ3) is 4.68. The first-order chi connectivity index (χ1) is 13.1. The molecule has 3 nitrogen and oxygen atoms in total. The van der Waals surface area contributed by atoms with Crippen molar-refractivity contribution in [2.45, 2.75) is 65.1 Å². The SMILES string of the molecule is CCCCCc1ccc(COc2ccc3c(c2F)C(=O)OC(CC)C3)cc1. The summed E-state index contributed by atoms with van der Waals surface area (Å²) in [6.07, 6.45) is 5.83. The highest BCUT2D eigenvalue weighted by Gasteiger charge is 2.30. The summed E-state index contributed by atoms with van der Waals surface area (Å²) in [6.45, 7) is 4.41. The maximum Gasteiger partial charge on any atom is 0.341 e. The zero-order valence-electron chi connectivity index (χ0n) is 16.1. The molecular formula is C23H27FO3. The number of carbonyl (C=O) groups excluding carboxylic acids is 1. The van der Waals surface area contributed by atoms with E-state index in [1.165, 1.54) is 24.8 Å². The number of benzene rings is 2. The molecule has 0 spiro atoms. The van der Waals surface area contributed by atoms with Crippen LogP contribution in [0.15, 0.2) is 36.4 Å². The van der Waals surface area contributed by atoms with E-state index in [2.05, 4.69) is 19.1 Å². The van der Waals surface area contributed by atoms with Crippen LogP contribution in [0.25, 0.3) is 0 Å². The third-order valence-corrected chi connectivity index (χ3v) is 5.06. The van der Waals surface area contributed by atoms with E-state index in [1.807, 2.05) is 19.1 Å². The van der Waals surface area contributed by atoms with Crippen LogP contribution >= 0.6 is 0 Å². The van der Waals surface area contributed by atoms with Crippen LogP contribution in [-0.4, -0.2) is 12.1 Å². The number of hydrogen-bond donors (Lipinski definition) is 0. The first-order valence-corrected chi connectivity index (χ1v) is 9.85. The van der Waals surface area contributed by atoms with Crippen LogP contribution in [-0.2, 0) is 24.2 Å². The summed E-state index contributed by atoms with van der Waals surface area (Å²) in [6, 6.07) is 11.6. The normalized spacial score (nSPS) is 16.0. The van der Waals surface area contributed by atoms with Gasteiger partial charge in [0.15, 0.2) is 11.6 Å². The Hall–Kier alpha value is -2.36. The molecule has 0 N–H and O–H groups in total. The predicted octanol–water partition coefficient (Wildman–Crippen LogP) is 5.63. The molecule has 0 aromatic heterocycles. The number of unbranched alkanes of at least 4 members (excludes halogenated alkanes) is 2. The largest absolute Gasteiger partial charge is 0.486 e. The van der Waals surface area contributed by atoms with Crippen LogP contribution in [0.1, 0.15) is 66.6 Å². The van der Waals surface area contributed by atoms with E-state index < -0.39 is 11.8 Å². The molecule has 4 heteroatoms. The van der Waals surface area contributed by atoms with Crippen molar-refractivity contribution < 1.29 is 18.7 Å². The van der Waals surface area contributed by atoms with Gasteiger partial charge in [0.1, 0.15) is 18.3 Å². The molecule has 1 unspecified atom stereocenters. The van der Waals surface area contributed by atoms with Crippen molar-refractivity contribution in [1.29, 1.82) is 0 Å². The summed E-state index contributed by atoms with van der Waals surface area (Å²) in [5.74, 6) is -1.13. The highest BCUT2D eigenvalue weighted by atomic mass is 19.1. The van der Waals surface area contributed by atoms with Gasteiger partial charge in [0, 0.05) is 6.42 Å². The highest BCUT2D eigenvalue weighted by molar-refractivity contribution is 5.93. The monoisotopic (exact) mass is 370 g/mol. The molecule has 2 aromatic rings. The molecular weight excluding hydrogens is 343 g/mol. The molecule has 0 radical (unpaired) electrons. The molecule has 0 amide bonds. The zero-order chi connectivity index (χ0) is 19.2. The molecule has 1 aliphatic rings. The Kier molecular flexibility index (Phi) is 6.49. The quantitative estimate of drug-likeness (QED) is 0.446. The summed E-state index contributed by atoms with van der Waals surface area (Å²) in [5, 5.41) is 0. The number of cyclic esters (lactones) is 1. The number of esters is 1. The van der Waals surface area contributed by atoms with Gasteiger partial charge in [-0.1, -0.05) is 57.0 Å². The van der Waals surface area contributed by atoms with Crippen molar-refractivity contribution in [2.24, 2.45) is 0 Å². The lowest BCUT2D eigenvalue weighted by molar-refractivity contribution is 0.0241. The van der Waals surface area contributed by atoms with Gasteiger partial charge in [-0.2, -0.15) is 0 Å². The maximum atomic E-state index is 14.7. The number of fused-ring (bicyclic) bond motifs is 1. The standard InChI is InChI=1S/C23H27FO3/c1-3-5-6-7-16-8-10-17(11-9-16)15-26-20-13-12-18-14-19(4-2)27-23(25)21(18)22(20)24/h8-13,19H,3-7,14-15H2,1-2H3. The third-order valence-electron chi connectivity index (χ3n) is 5.06. The van der Waals surface area contributed by atoms with E-state index in [0.29, 0.717) is 12.0 Å². The van der Waals surface area contributed by atoms with E-state index in [-0.39, 0.29) is 24.0 Å². The van der Waals surface area contributed by atoms with Gasteiger partial charge in [0.2, 0.25) is 0 Å². The molecule has 3 rings (SSSR count). The lowest BCUT2D eigenvalue weighted by Crippen LogP contribution is -2.28. The minimum Gasteiger partial charge on any atom is -0.486 e. The van der Waals surface area contributed by atoms with Gasteiger partial charge in [0.25, 0.3) is 0 Å². The summed E-state index contributed by atoms with van der Waals surface area (Å²) in [4.78, 5) is 12.1. The van der Waals surface area contributed by atoms with E-state index in [4.69, 9.17) is 9.47 Å². The Morgan fingerprint density at radius 1 is 1.07 bits per heavy atom. The number of halogens is 1. The fourth-order valence-corrected chi connectivity index (χ4v) is 3.37. The van der Waals surface area contributed by atoms with Crippen molar-refractivity contribution in [3.8, 4) is 5.75 Å². The van der Waals surface area contributed by atoms with Crippen LogP contribution in [0.5, 0.6) is 5.75 Å². The molecule has 1 heterocycles. The van der Waals surface area contributed by atoms with E-state index >= 15 is 0 Å². The molecule has 27 heavy (non-hydrogen) atoms. The first kappa shape index (κ1) is 19.4. The molecule has 0 saturated heterocycles. The van der Waals surface area contributed by atoms with Crippen molar-refractivity contribution in [3.63, 3.8) is 0 Å². The van der Waals surface area contributed by atoms with Crippen molar-refractivity contribution >= 4 is 5.97 Å². The lowest BCUT2D eigenvalue weighted by Gasteiger charge is -2.24. The molecule has 0 bridgehead atoms. The average Bonchev–Trinajstić information content (AvgIpc) is 2.68. The van der Waals surface area contributed by atoms with Gasteiger partial charge in [-0.3, -0.25) is 0 Å². The second kappa shape index (κ2) is 9.03. The number of ether oxygens (including phenoxy) is 2. The number of carbonyl (C=O) groups is 1. The minimum atomic E-state index is -0.622. The van der Waals surface area contributed by atoms with Gasteiger partial charge in [-0.05, 0) is 42.0 Å². The van der Waals surface area contributed by atoms with Crippen LogP contribution in [0.2, 0.25) is 0 Å². The average molecular weight is 370 g/mol. The summed E-state index contributed by atoms with van der Waals surface area (Å²) in [5.41, 5.74) is 2.99. The van der Waals surface area contributed by atoms with Crippen LogP contribution < -0.4 is 4.74 Å². The second-order valence-corrected chi connectivity index (χ2v) is 7.11. The van der Waals surface area contributed by atoms with Gasteiger partial charge < -0.3 is 9.47 Å². The van der Waals surface area contributed by atoms with E-state index in [9.17, 15) is 9.18 Å². The fraction of sp³-hybridized carbons (Fsp3) is 0.435. The maximum absolute atomic E-state index is 14.7. The Balaban J connectivity index is 1.65. The van der Waals surface area contributed by atoms with Gasteiger partial charge in [-0.25, -0.2) is 9.18 Å². The summed E-state index contributed by atoms with van der Waals surface area (Å²) < 4.78 is 25.7. The van der Waals surface area contributed by atoms with Crippen molar-refractivity contribution in [1.82, 2.24) is 0 Å². The highest BCUT2D eigenvalue weighted by Crippen LogP contribution is 2.30. The molecule has 2 aromatic carbocycles. The predicted molar refractivity (Wildman–Crippen MR) is 104 cm³/mol. The summed E-state index contributed by atoms with van der Waals surface area (Å²) >= 11 is 0.